The van der Waals surface area contributed by atoms with E-state index >= 15 is 0 Å². The molecule has 1 heterocycles. The van der Waals surface area contributed by atoms with E-state index in [1.165, 1.54) is 14.2 Å². The molecule has 7 heteroatoms. The standard InChI is InChI=1S/C25H27NO6/c1-30-17-10-6-7-15(13-17)22-21(24(28)25(29)26(22)16-8-4-5-9-16)23(27)19-14-18(31-2)11-12-20(19)32-3/h6-7,10-14,16,22,27H,4-5,8-9H2,1-3H3/b23-21+. The number of aliphatic hydroxyl groups excluding tert-OH is 1. The van der Waals surface area contributed by atoms with Gasteiger partial charge in [0.1, 0.15) is 23.0 Å². The van der Waals surface area contributed by atoms with E-state index in [1.54, 1.807) is 42.3 Å². The van der Waals surface area contributed by atoms with Crippen molar-refractivity contribution >= 4 is 17.4 Å². The first-order chi connectivity index (χ1) is 15.5. The first-order valence-corrected chi connectivity index (χ1v) is 10.7. The average Bonchev–Trinajstić information content (AvgIpc) is 3.45. The van der Waals surface area contributed by atoms with Crippen molar-refractivity contribution in [2.24, 2.45) is 0 Å². The number of carbonyl (C=O) groups is 2. The quantitative estimate of drug-likeness (QED) is 0.417. The topological polar surface area (TPSA) is 85.3 Å². The predicted molar refractivity (Wildman–Crippen MR) is 119 cm³/mol. The molecule has 1 aliphatic carbocycles. The molecule has 1 amide bonds. The molecule has 4 rings (SSSR count). The second-order valence-electron chi connectivity index (χ2n) is 7.99. The van der Waals surface area contributed by atoms with Crippen molar-refractivity contribution in [3.05, 3.63) is 59.2 Å². The Morgan fingerprint density at radius 1 is 0.938 bits per heavy atom. The summed E-state index contributed by atoms with van der Waals surface area (Å²) in [5, 5.41) is 11.4. The van der Waals surface area contributed by atoms with Gasteiger partial charge in [-0.15, -0.1) is 0 Å². The zero-order valence-electron chi connectivity index (χ0n) is 18.5. The minimum Gasteiger partial charge on any atom is -0.507 e. The van der Waals surface area contributed by atoms with Crippen molar-refractivity contribution < 1.29 is 28.9 Å². The van der Waals surface area contributed by atoms with Crippen LogP contribution >= 0.6 is 0 Å². The third kappa shape index (κ3) is 3.68. The maximum atomic E-state index is 13.3. The number of benzene rings is 2. The van der Waals surface area contributed by atoms with Crippen molar-refractivity contribution in [2.75, 3.05) is 21.3 Å². The van der Waals surface area contributed by atoms with Gasteiger partial charge >= 0.3 is 0 Å². The number of ketones is 1. The summed E-state index contributed by atoms with van der Waals surface area (Å²) in [5.41, 5.74) is 1.05. The van der Waals surface area contributed by atoms with Gasteiger partial charge in [-0.2, -0.15) is 0 Å². The number of Topliss-reactive ketones (excluding diaryl/α,β-unsaturated/α-hetero) is 1. The molecule has 1 saturated heterocycles. The minimum atomic E-state index is -0.718. The zero-order chi connectivity index (χ0) is 22.8. The maximum Gasteiger partial charge on any atom is 0.295 e. The van der Waals surface area contributed by atoms with Crippen LogP contribution in [0, 0.1) is 0 Å². The molecule has 2 fully saturated rings. The highest BCUT2D eigenvalue weighted by Crippen LogP contribution is 2.45. The number of carbonyl (C=O) groups excluding carboxylic acids is 2. The Morgan fingerprint density at radius 3 is 2.28 bits per heavy atom. The molecule has 1 N–H and O–H groups in total. The van der Waals surface area contributed by atoms with E-state index in [-0.39, 0.29) is 17.4 Å². The molecule has 0 bridgehead atoms. The molecular weight excluding hydrogens is 410 g/mol. The number of ether oxygens (including phenoxy) is 3. The van der Waals surface area contributed by atoms with Crippen molar-refractivity contribution in [1.82, 2.24) is 4.90 Å². The highest BCUT2D eigenvalue weighted by molar-refractivity contribution is 6.46. The smallest absolute Gasteiger partial charge is 0.295 e. The van der Waals surface area contributed by atoms with Crippen molar-refractivity contribution in [3.63, 3.8) is 0 Å². The van der Waals surface area contributed by atoms with Gasteiger partial charge in [0.2, 0.25) is 0 Å². The van der Waals surface area contributed by atoms with Gasteiger partial charge in [0, 0.05) is 6.04 Å². The summed E-state index contributed by atoms with van der Waals surface area (Å²) >= 11 is 0. The number of likely N-dealkylation sites (tertiary alicyclic amines) is 1. The van der Waals surface area contributed by atoms with Gasteiger partial charge in [-0.05, 0) is 48.7 Å². The Labute approximate surface area is 187 Å². The molecule has 1 atom stereocenters. The first kappa shape index (κ1) is 21.7. The highest BCUT2D eigenvalue weighted by atomic mass is 16.5. The molecule has 1 unspecified atom stereocenters. The SMILES string of the molecule is COc1cccc(C2/C(=C(\O)c3cc(OC)ccc3OC)C(=O)C(=O)N2C2CCCC2)c1. The first-order valence-electron chi connectivity index (χ1n) is 10.7. The van der Waals surface area contributed by atoms with Crippen LogP contribution in [-0.4, -0.2) is 49.1 Å². The summed E-state index contributed by atoms with van der Waals surface area (Å²) in [6.45, 7) is 0. The lowest BCUT2D eigenvalue weighted by Gasteiger charge is -2.31. The highest BCUT2D eigenvalue weighted by Gasteiger charge is 2.49. The number of hydrogen-bond acceptors (Lipinski definition) is 6. The Bertz CT molecular complexity index is 1070. The van der Waals surface area contributed by atoms with Gasteiger partial charge in [-0.3, -0.25) is 9.59 Å². The summed E-state index contributed by atoms with van der Waals surface area (Å²) in [4.78, 5) is 28.1. The van der Waals surface area contributed by atoms with Crippen LogP contribution in [0.2, 0.25) is 0 Å². The molecule has 0 aromatic heterocycles. The second-order valence-corrected chi connectivity index (χ2v) is 7.99. The van der Waals surface area contributed by atoms with Crippen molar-refractivity contribution in [1.29, 1.82) is 0 Å². The number of amides is 1. The van der Waals surface area contributed by atoms with E-state index in [0.29, 0.717) is 28.4 Å². The third-order valence-electron chi connectivity index (χ3n) is 6.27. The van der Waals surface area contributed by atoms with Gasteiger partial charge in [0.15, 0.2) is 0 Å². The van der Waals surface area contributed by atoms with Crippen LogP contribution in [0.3, 0.4) is 0 Å². The maximum absolute atomic E-state index is 13.3. The second kappa shape index (κ2) is 8.94. The average molecular weight is 437 g/mol. The molecule has 1 aliphatic heterocycles. The summed E-state index contributed by atoms with van der Waals surface area (Å²) in [5.74, 6) is -0.0961. The van der Waals surface area contributed by atoms with E-state index in [4.69, 9.17) is 14.2 Å². The van der Waals surface area contributed by atoms with Crippen LogP contribution in [0.1, 0.15) is 42.9 Å². The predicted octanol–water partition coefficient (Wildman–Crippen LogP) is 4.08. The van der Waals surface area contributed by atoms with Crippen LogP contribution in [0.25, 0.3) is 5.76 Å². The molecule has 1 saturated carbocycles. The number of hydrogen-bond donors (Lipinski definition) is 1. The Morgan fingerprint density at radius 2 is 1.62 bits per heavy atom. The van der Waals surface area contributed by atoms with Gasteiger partial charge in [0.25, 0.3) is 11.7 Å². The van der Waals surface area contributed by atoms with E-state index in [1.807, 2.05) is 12.1 Å². The van der Waals surface area contributed by atoms with Crippen LogP contribution < -0.4 is 14.2 Å². The summed E-state index contributed by atoms with van der Waals surface area (Å²) in [6, 6.07) is 11.4. The van der Waals surface area contributed by atoms with E-state index < -0.39 is 17.7 Å². The fourth-order valence-corrected chi connectivity index (χ4v) is 4.69. The molecule has 168 valence electrons. The summed E-state index contributed by atoms with van der Waals surface area (Å²) < 4.78 is 16.1. The van der Waals surface area contributed by atoms with E-state index in [2.05, 4.69) is 0 Å². The Kier molecular flexibility index (Phi) is 6.08. The minimum absolute atomic E-state index is 0.0432. The van der Waals surface area contributed by atoms with Gasteiger partial charge in [-0.1, -0.05) is 25.0 Å². The molecule has 2 aromatic carbocycles. The van der Waals surface area contributed by atoms with E-state index in [0.717, 1.165) is 25.7 Å². The van der Waals surface area contributed by atoms with Crippen molar-refractivity contribution in [3.8, 4) is 17.2 Å². The number of methoxy groups -OCH3 is 3. The fourth-order valence-electron chi connectivity index (χ4n) is 4.69. The lowest BCUT2D eigenvalue weighted by molar-refractivity contribution is -0.141. The van der Waals surface area contributed by atoms with Crippen LogP contribution in [0.15, 0.2) is 48.0 Å². The summed E-state index contributed by atoms with van der Waals surface area (Å²) in [7, 11) is 4.56. The fraction of sp³-hybridized carbons (Fsp3) is 0.360. The lowest BCUT2D eigenvalue weighted by Crippen LogP contribution is -2.37. The van der Waals surface area contributed by atoms with Crippen LogP contribution in [-0.2, 0) is 9.59 Å². The normalized spacial score (nSPS) is 20.6. The lowest BCUT2D eigenvalue weighted by atomic mass is 9.94. The molecule has 7 nitrogen and oxygen atoms in total. The Balaban J connectivity index is 1.94. The monoisotopic (exact) mass is 437 g/mol. The molecule has 0 spiro atoms. The van der Waals surface area contributed by atoms with E-state index in [9.17, 15) is 14.7 Å². The molecule has 2 aliphatic rings. The van der Waals surface area contributed by atoms with Crippen molar-refractivity contribution in [2.45, 2.75) is 37.8 Å². The van der Waals surface area contributed by atoms with Gasteiger partial charge in [0.05, 0.1) is 38.5 Å². The zero-order valence-corrected chi connectivity index (χ0v) is 18.5. The van der Waals surface area contributed by atoms with Gasteiger partial charge < -0.3 is 24.2 Å². The Hall–Kier alpha value is -3.48. The molecule has 2 aromatic rings. The third-order valence-corrected chi connectivity index (χ3v) is 6.27. The van der Waals surface area contributed by atoms with Gasteiger partial charge in [-0.25, -0.2) is 0 Å². The molecule has 0 radical (unpaired) electrons. The number of rotatable bonds is 6. The van der Waals surface area contributed by atoms with Crippen LogP contribution in [0.5, 0.6) is 17.2 Å². The number of aliphatic hydroxyl groups is 1. The largest absolute Gasteiger partial charge is 0.507 e. The molecular formula is C25H27NO6. The summed E-state index contributed by atoms with van der Waals surface area (Å²) in [6.07, 6.45) is 3.66. The van der Waals surface area contributed by atoms with Crippen LogP contribution in [0.4, 0.5) is 0 Å². The number of nitrogens with zero attached hydrogens (tertiary/aromatic N) is 1. The molecule has 32 heavy (non-hydrogen) atoms.